The van der Waals surface area contributed by atoms with Crippen molar-refractivity contribution in [1.82, 2.24) is 24.5 Å². The number of imidazole rings is 1. The molecule has 0 bridgehead atoms. The molecule has 2 aromatic carbocycles. The summed E-state index contributed by atoms with van der Waals surface area (Å²) in [5.41, 5.74) is 4.17. The first-order valence-electron chi connectivity index (χ1n) is 10.4. The number of benzene rings is 2. The van der Waals surface area contributed by atoms with Crippen molar-refractivity contribution >= 4 is 39.4 Å². The first kappa shape index (κ1) is 21.1. The van der Waals surface area contributed by atoms with Crippen LogP contribution in [0.25, 0.3) is 27.6 Å². The quantitative estimate of drug-likeness (QED) is 0.381. The Morgan fingerprint density at radius 1 is 1.12 bits per heavy atom. The number of nitrogens with zero attached hydrogens (tertiary/aromatic N) is 4. The zero-order chi connectivity index (χ0) is 23.3. The minimum absolute atomic E-state index is 0.144. The summed E-state index contributed by atoms with van der Waals surface area (Å²) in [4.78, 5) is 29.4. The summed E-state index contributed by atoms with van der Waals surface area (Å²) < 4.78 is 15.8. The van der Waals surface area contributed by atoms with Crippen LogP contribution in [-0.2, 0) is 0 Å². The second kappa shape index (κ2) is 7.97. The van der Waals surface area contributed by atoms with E-state index >= 15 is 0 Å². The number of hydrogen-bond acceptors (Lipinski definition) is 5. The normalized spacial score (nSPS) is 12.4. The van der Waals surface area contributed by atoms with Crippen LogP contribution in [0.15, 0.2) is 53.8 Å². The van der Waals surface area contributed by atoms with Crippen molar-refractivity contribution < 1.29 is 4.39 Å². The van der Waals surface area contributed by atoms with Crippen molar-refractivity contribution in [3.8, 4) is 5.69 Å². The van der Waals surface area contributed by atoms with Crippen molar-refractivity contribution in [3.63, 3.8) is 0 Å². The van der Waals surface area contributed by atoms with Gasteiger partial charge in [0.1, 0.15) is 17.7 Å². The summed E-state index contributed by atoms with van der Waals surface area (Å²) in [6, 6.07) is 10.2. The van der Waals surface area contributed by atoms with Crippen molar-refractivity contribution in [2.75, 3.05) is 5.32 Å². The predicted octanol–water partition coefficient (Wildman–Crippen LogP) is 5.24. The molecule has 1 unspecified atom stereocenters. The van der Waals surface area contributed by atoms with Gasteiger partial charge >= 0.3 is 0 Å². The third kappa shape index (κ3) is 3.52. The van der Waals surface area contributed by atoms with E-state index in [2.05, 4.69) is 25.3 Å². The van der Waals surface area contributed by atoms with Crippen molar-refractivity contribution in [2.45, 2.75) is 26.8 Å². The Balaban J connectivity index is 1.76. The standard InChI is InChI=1S/C24H20ClFN6O/c1-12-4-7-17(13(2)8-12)32-18(9-15-5-6-16(26)20(25)19(15)24(32)33)14(3)31-23-21-22(28-10-27-21)29-11-30-23/h4-11,14H,1-3H3,(H2,27,28,29,30,31). The van der Waals surface area contributed by atoms with Crippen LogP contribution in [0.5, 0.6) is 0 Å². The van der Waals surface area contributed by atoms with Gasteiger partial charge in [0.25, 0.3) is 5.56 Å². The number of aromatic nitrogens is 5. The molecule has 0 fully saturated rings. The van der Waals surface area contributed by atoms with Crippen molar-refractivity contribution in [2.24, 2.45) is 0 Å². The van der Waals surface area contributed by atoms with E-state index in [9.17, 15) is 9.18 Å². The highest BCUT2D eigenvalue weighted by Gasteiger charge is 2.21. The highest BCUT2D eigenvalue weighted by molar-refractivity contribution is 6.35. The van der Waals surface area contributed by atoms with E-state index in [0.29, 0.717) is 33.7 Å². The number of pyridine rings is 1. The van der Waals surface area contributed by atoms with Gasteiger partial charge in [-0.05, 0) is 49.9 Å². The average Bonchev–Trinajstić information content (AvgIpc) is 3.27. The van der Waals surface area contributed by atoms with E-state index < -0.39 is 5.82 Å². The first-order chi connectivity index (χ1) is 15.8. The smallest absolute Gasteiger partial charge is 0.264 e. The molecule has 0 amide bonds. The van der Waals surface area contributed by atoms with Crippen LogP contribution >= 0.6 is 11.6 Å². The molecule has 33 heavy (non-hydrogen) atoms. The molecule has 9 heteroatoms. The number of hydrogen-bond donors (Lipinski definition) is 2. The SMILES string of the molecule is Cc1ccc(-n2c(C(C)Nc3ncnc4nc[nH]c34)cc3ccc(F)c(Cl)c3c2=O)c(C)c1. The molecular weight excluding hydrogens is 443 g/mol. The summed E-state index contributed by atoms with van der Waals surface area (Å²) in [5, 5.41) is 3.88. The Kier molecular flexibility index (Phi) is 5.09. The van der Waals surface area contributed by atoms with Crippen LogP contribution in [0.1, 0.15) is 29.8 Å². The Morgan fingerprint density at radius 3 is 2.73 bits per heavy atom. The minimum Gasteiger partial charge on any atom is -0.360 e. The number of aryl methyl sites for hydroxylation is 2. The monoisotopic (exact) mass is 462 g/mol. The summed E-state index contributed by atoms with van der Waals surface area (Å²) in [5.74, 6) is -0.0724. The zero-order valence-electron chi connectivity index (χ0n) is 18.1. The molecule has 3 heterocycles. The number of nitrogens with one attached hydrogen (secondary N) is 2. The van der Waals surface area contributed by atoms with Gasteiger partial charge in [-0.25, -0.2) is 19.3 Å². The molecule has 166 valence electrons. The molecule has 0 saturated carbocycles. The maximum absolute atomic E-state index is 14.2. The van der Waals surface area contributed by atoms with Gasteiger partial charge in [0.2, 0.25) is 0 Å². The fourth-order valence-electron chi connectivity index (χ4n) is 4.13. The lowest BCUT2D eigenvalue weighted by molar-refractivity contribution is 0.629. The van der Waals surface area contributed by atoms with Crippen LogP contribution in [0.4, 0.5) is 10.2 Å². The molecule has 5 aromatic rings. The summed E-state index contributed by atoms with van der Waals surface area (Å²) in [7, 11) is 0. The van der Waals surface area contributed by atoms with Crippen LogP contribution < -0.4 is 10.9 Å². The van der Waals surface area contributed by atoms with Crippen LogP contribution in [0.3, 0.4) is 0 Å². The summed E-state index contributed by atoms with van der Waals surface area (Å²) in [6.45, 7) is 5.85. The molecule has 3 aromatic heterocycles. The lowest BCUT2D eigenvalue weighted by Crippen LogP contribution is -2.26. The van der Waals surface area contributed by atoms with Crippen molar-refractivity contribution in [3.05, 3.63) is 87.1 Å². The maximum Gasteiger partial charge on any atom is 0.264 e. The van der Waals surface area contributed by atoms with E-state index in [4.69, 9.17) is 11.6 Å². The van der Waals surface area contributed by atoms with Gasteiger partial charge in [0.15, 0.2) is 11.5 Å². The molecular formula is C24H20ClFN6O. The summed E-state index contributed by atoms with van der Waals surface area (Å²) >= 11 is 6.24. The minimum atomic E-state index is -0.630. The second-order valence-corrected chi connectivity index (χ2v) is 8.39. The number of rotatable bonds is 4. The van der Waals surface area contributed by atoms with E-state index in [1.165, 1.54) is 12.4 Å². The number of anilines is 1. The third-order valence-electron chi connectivity index (χ3n) is 5.72. The Hall–Kier alpha value is -3.78. The number of halogens is 2. The molecule has 0 radical (unpaired) electrons. The van der Waals surface area contributed by atoms with E-state index in [-0.39, 0.29) is 22.0 Å². The first-order valence-corrected chi connectivity index (χ1v) is 10.7. The van der Waals surface area contributed by atoms with Gasteiger partial charge in [0, 0.05) is 5.69 Å². The molecule has 0 aliphatic carbocycles. The van der Waals surface area contributed by atoms with Gasteiger partial charge in [-0.15, -0.1) is 0 Å². The van der Waals surface area contributed by atoms with Gasteiger partial charge in [-0.2, -0.15) is 0 Å². The lowest BCUT2D eigenvalue weighted by atomic mass is 10.0. The zero-order valence-corrected chi connectivity index (χ0v) is 18.9. The fourth-order valence-corrected chi connectivity index (χ4v) is 4.39. The summed E-state index contributed by atoms with van der Waals surface area (Å²) in [6.07, 6.45) is 2.98. The average molecular weight is 463 g/mol. The number of H-pyrrole nitrogens is 1. The Labute approximate surface area is 193 Å². The van der Waals surface area contributed by atoms with Crippen LogP contribution in [0, 0.1) is 19.7 Å². The lowest BCUT2D eigenvalue weighted by Gasteiger charge is -2.23. The molecule has 0 saturated heterocycles. The van der Waals surface area contributed by atoms with Crippen LogP contribution in [-0.4, -0.2) is 24.5 Å². The largest absolute Gasteiger partial charge is 0.360 e. The van der Waals surface area contributed by atoms with Gasteiger partial charge in [-0.1, -0.05) is 35.4 Å². The topological polar surface area (TPSA) is 88.5 Å². The number of aromatic amines is 1. The van der Waals surface area contributed by atoms with E-state index in [1.807, 2.05) is 45.0 Å². The second-order valence-electron chi connectivity index (χ2n) is 8.01. The Bertz CT molecular complexity index is 1590. The molecule has 2 N–H and O–H groups in total. The highest BCUT2D eigenvalue weighted by atomic mass is 35.5. The Morgan fingerprint density at radius 2 is 1.94 bits per heavy atom. The fraction of sp³-hybridized carbons (Fsp3) is 0.167. The van der Waals surface area contributed by atoms with E-state index in [0.717, 1.165) is 11.1 Å². The van der Waals surface area contributed by atoms with Gasteiger partial charge < -0.3 is 10.3 Å². The third-order valence-corrected chi connectivity index (χ3v) is 6.09. The predicted molar refractivity (Wildman–Crippen MR) is 128 cm³/mol. The number of fused-ring (bicyclic) bond motifs is 2. The van der Waals surface area contributed by atoms with Crippen LogP contribution in [0.2, 0.25) is 5.02 Å². The van der Waals surface area contributed by atoms with Gasteiger partial charge in [0.05, 0.1) is 28.5 Å². The molecule has 0 spiro atoms. The van der Waals surface area contributed by atoms with Gasteiger partial charge in [-0.3, -0.25) is 9.36 Å². The molecule has 1 atom stereocenters. The maximum atomic E-state index is 14.2. The molecule has 7 nitrogen and oxygen atoms in total. The highest BCUT2D eigenvalue weighted by Crippen LogP contribution is 2.30. The molecule has 0 aliphatic heterocycles. The van der Waals surface area contributed by atoms with Crippen molar-refractivity contribution in [1.29, 1.82) is 0 Å². The molecule has 5 rings (SSSR count). The van der Waals surface area contributed by atoms with E-state index in [1.54, 1.807) is 17.0 Å². The molecule has 0 aliphatic rings.